The van der Waals surface area contributed by atoms with E-state index in [9.17, 15) is 0 Å². The van der Waals surface area contributed by atoms with Crippen LogP contribution in [0.5, 0.6) is 11.5 Å². The zero-order chi connectivity index (χ0) is 20.5. The lowest BCUT2D eigenvalue weighted by Gasteiger charge is -2.22. The van der Waals surface area contributed by atoms with Gasteiger partial charge in [0.25, 0.3) is 0 Å². The van der Waals surface area contributed by atoms with Crippen LogP contribution in [-0.2, 0) is 13.2 Å². The molecule has 0 unspecified atom stereocenters. The molecule has 6 heteroatoms. The summed E-state index contributed by atoms with van der Waals surface area (Å²) in [7, 11) is 0. The van der Waals surface area contributed by atoms with Crippen LogP contribution in [0.1, 0.15) is 63.0 Å². The molecule has 1 fully saturated rings. The van der Waals surface area contributed by atoms with Crippen molar-refractivity contribution in [1.82, 2.24) is 5.32 Å². The first-order chi connectivity index (χ1) is 14.2. The fraction of sp³-hybridized carbons (Fsp3) is 0.500. The Morgan fingerprint density at radius 2 is 1.63 bits per heavy atom. The molecule has 1 aliphatic carbocycles. The van der Waals surface area contributed by atoms with E-state index in [1.165, 1.54) is 44.9 Å². The second-order valence-electron chi connectivity index (χ2n) is 7.64. The van der Waals surface area contributed by atoms with Crippen LogP contribution in [0.3, 0.4) is 0 Å². The third-order valence-corrected chi connectivity index (χ3v) is 6.05. The molecular weight excluding hydrogens is 441 g/mol. The van der Waals surface area contributed by atoms with Crippen molar-refractivity contribution in [2.45, 2.75) is 71.1 Å². The van der Waals surface area contributed by atoms with Gasteiger partial charge in [0.1, 0.15) is 6.61 Å². The highest BCUT2D eigenvalue weighted by molar-refractivity contribution is 6.32. The van der Waals surface area contributed by atoms with Gasteiger partial charge in [-0.15, -0.1) is 12.4 Å². The van der Waals surface area contributed by atoms with Crippen molar-refractivity contribution in [2.75, 3.05) is 6.61 Å². The maximum absolute atomic E-state index is 6.58. The van der Waals surface area contributed by atoms with Gasteiger partial charge in [-0.1, -0.05) is 73.5 Å². The van der Waals surface area contributed by atoms with E-state index in [0.29, 0.717) is 40.8 Å². The number of rotatable bonds is 8. The quantitative estimate of drug-likeness (QED) is 0.429. The first-order valence-corrected chi connectivity index (χ1v) is 11.5. The Hall–Kier alpha value is -1.13. The van der Waals surface area contributed by atoms with Crippen molar-refractivity contribution in [2.24, 2.45) is 0 Å². The number of benzene rings is 2. The summed E-state index contributed by atoms with van der Waals surface area (Å²) in [5, 5.41) is 4.96. The predicted octanol–water partition coefficient (Wildman–Crippen LogP) is 7.60. The Morgan fingerprint density at radius 1 is 0.933 bits per heavy atom. The van der Waals surface area contributed by atoms with Gasteiger partial charge in [-0.2, -0.15) is 0 Å². The highest BCUT2D eigenvalue weighted by Gasteiger charge is 2.15. The maximum Gasteiger partial charge on any atom is 0.180 e. The van der Waals surface area contributed by atoms with E-state index >= 15 is 0 Å². The van der Waals surface area contributed by atoms with Crippen LogP contribution in [0.4, 0.5) is 0 Å². The van der Waals surface area contributed by atoms with Crippen LogP contribution in [0.15, 0.2) is 36.4 Å². The molecule has 0 heterocycles. The number of halogens is 3. The minimum absolute atomic E-state index is 0. The molecule has 0 bridgehead atoms. The molecule has 0 radical (unpaired) electrons. The minimum Gasteiger partial charge on any atom is -0.490 e. The summed E-state index contributed by atoms with van der Waals surface area (Å²) in [6, 6.07) is 12.2. The Morgan fingerprint density at radius 3 is 2.33 bits per heavy atom. The van der Waals surface area contributed by atoms with E-state index in [4.69, 9.17) is 32.7 Å². The van der Waals surface area contributed by atoms with Crippen molar-refractivity contribution in [3.05, 3.63) is 57.6 Å². The number of nitrogens with one attached hydrogen (secondary N) is 1. The maximum atomic E-state index is 6.58. The fourth-order valence-electron chi connectivity index (χ4n) is 3.81. The third-order valence-electron chi connectivity index (χ3n) is 5.40. The molecule has 0 atom stereocenters. The molecule has 3 rings (SSSR count). The fourth-order valence-corrected chi connectivity index (χ4v) is 4.29. The predicted molar refractivity (Wildman–Crippen MR) is 129 cm³/mol. The van der Waals surface area contributed by atoms with Crippen LogP contribution >= 0.6 is 35.6 Å². The summed E-state index contributed by atoms with van der Waals surface area (Å²) in [6.07, 6.45) is 9.24. The highest BCUT2D eigenvalue weighted by Crippen LogP contribution is 2.37. The van der Waals surface area contributed by atoms with Crippen LogP contribution in [0, 0.1) is 0 Å². The van der Waals surface area contributed by atoms with Gasteiger partial charge in [0.15, 0.2) is 11.5 Å². The van der Waals surface area contributed by atoms with E-state index in [-0.39, 0.29) is 12.4 Å². The normalized spacial score (nSPS) is 15.0. The van der Waals surface area contributed by atoms with Crippen molar-refractivity contribution in [3.8, 4) is 11.5 Å². The Balaban J connectivity index is 0.00000320. The van der Waals surface area contributed by atoms with E-state index in [2.05, 4.69) is 5.32 Å². The first kappa shape index (κ1) is 25.1. The van der Waals surface area contributed by atoms with Gasteiger partial charge in [-0.25, -0.2) is 0 Å². The van der Waals surface area contributed by atoms with Gasteiger partial charge in [0, 0.05) is 23.2 Å². The van der Waals surface area contributed by atoms with Gasteiger partial charge in [-0.3, -0.25) is 0 Å². The smallest absolute Gasteiger partial charge is 0.180 e. The summed E-state index contributed by atoms with van der Waals surface area (Å²) in [4.78, 5) is 0. The van der Waals surface area contributed by atoms with Crippen LogP contribution < -0.4 is 14.8 Å². The number of hydrogen-bond acceptors (Lipinski definition) is 3. The molecule has 0 aromatic heterocycles. The van der Waals surface area contributed by atoms with Gasteiger partial charge >= 0.3 is 0 Å². The minimum atomic E-state index is 0. The van der Waals surface area contributed by atoms with Crippen LogP contribution in [0.2, 0.25) is 10.0 Å². The van der Waals surface area contributed by atoms with Crippen molar-refractivity contribution >= 4 is 35.6 Å². The molecular formula is C24H32Cl3NO2. The van der Waals surface area contributed by atoms with Crippen molar-refractivity contribution in [1.29, 1.82) is 0 Å². The van der Waals surface area contributed by atoms with Gasteiger partial charge in [0.05, 0.1) is 11.6 Å². The molecule has 0 saturated heterocycles. The topological polar surface area (TPSA) is 30.5 Å². The Kier molecular flexibility index (Phi) is 11.2. The molecule has 0 spiro atoms. The molecule has 1 saturated carbocycles. The Bertz CT molecular complexity index is 777. The second kappa shape index (κ2) is 13.3. The summed E-state index contributed by atoms with van der Waals surface area (Å²) in [6.45, 7) is 3.65. The van der Waals surface area contributed by atoms with Gasteiger partial charge in [-0.05, 0) is 43.5 Å². The van der Waals surface area contributed by atoms with Crippen molar-refractivity contribution < 1.29 is 9.47 Å². The summed E-state index contributed by atoms with van der Waals surface area (Å²) in [5.41, 5.74) is 2.04. The summed E-state index contributed by atoms with van der Waals surface area (Å²) in [5.74, 6) is 1.25. The van der Waals surface area contributed by atoms with E-state index in [1.807, 2.05) is 43.3 Å². The lowest BCUT2D eigenvalue weighted by atomic mass is 9.96. The number of ether oxygens (including phenoxy) is 2. The zero-order valence-corrected chi connectivity index (χ0v) is 19.9. The average Bonchev–Trinajstić information content (AvgIpc) is 2.68. The van der Waals surface area contributed by atoms with Crippen molar-refractivity contribution in [3.63, 3.8) is 0 Å². The molecule has 1 aliphatic rings. The SMILES string of the molecule is CCOc1cc(CNC2CCCCCCC2)cc(Cl)c1OCc1ccccc1Cl.Cl. The lowest BCUT2D eigenvalue weighted by molar-refractivity contribution is 0.269. The second-order valence-corrected chi connectivity index (χ2v) is 8.46. The zero-order valence-electron chi connectivity index (χ0n) is 17.6. The van der Waals surface area contributed by atoms with Gasteiger partial charge in [0.2, 0.25) is 0 Å². The van der Waals surface area contributed by atoms with Gasteiger partial charge < -0.3 is 14.8 Å². The van der Waals surface area contributed by atoms with Crippen LogP contribution in [-0.4, -0.2) is 12.6 Å². The monoisotopic (exact) mass is 471 g/mol. The summed E-state index contributed by atoms with van der Waals surface area (Å²) >= 11 is 12.8. The first-order valence-electron chi connectivity index (χ1n) is 10.7. The molecule has 0 aliphatic heterocycles. The summed E-state index contributed by atoms with van der Waals surface area (Å²) < 4.78 is 11.8. The van der Waals surface area contributed by atoms with E-state index in [1.54, 1.807) is 0 Å². The molecule has 3 nitrogen and oxygen atoms in total. The largest absolute Gasteiger partial charge is 0.490 e. The highest BCUT2D eigenvalue weighted by atomic mass is 35.5. The molecule has 0 amide bonds. The number of hydrogen-bond donors (Lipinski definition) is 1. The molecule has 1 N–H and O–H groups in total. The molecule has 2 aromatic rings. The standard InChI is InChI=1S/C24H31Cl2NO2.ClH/c1-2-28-23-15-18(16-27-20-11-6-4-3-5-7-12-20)14-22(26)24(23)29-17-19-10-8-9-13-21(19)25;/h8-10,13-15,20,27H,2-7,11-12,16-17H2,1H3;1H. The van der Waals surface area contributed by atoms with Crippen LogP contribution in [0.25, 0.3) is 0 Å². The Labute approximate surface area is 196 Å². The molecule has 30 heavy (non-hydrogen) atoms. The van der Waals surface area contributed by atoms with E-state index < -0.39 is 0 Å². The molecule has 2 aromatic carbocycles. The van der Waals surface area contributed by atoms with E-state index in [0.717, 1.165) is 17.7 Å². The average molecular weight is 473 g/mol. The molecule has 166 valence electrons. The third kappa shape index (κ3) is 7.53. The lowest BCUT2D eigenvalue weighted by Crippen LogP contribution is -2.29.